The third kappa shape index (κ3) is 5.08. The zero-order chi connectivity index (χ0) is 20.1. The highest BCUT2D eigenvalue weighted by atomic mass is 32.2. The zero-order valence-electron chi connectivity index (χ0n) is 15.8. The second-order valence-electron chi connectivity index (χ2n) is 6.88. The lowest BCUT2D eigenvalue weighted by atomic mass is 10.2. The van der Waals surface area contributed by atoms with E-state index in [1.807, 2.05) is 24.3 Å². The first-order chi connectivity index (χ1) is 13.3. The maximum Gasteiger partial charge on any atom is 0.225 e. The van der Waals surface area contributed by atoms with Crippen molar-refractivity contribution in [3.63, 3.8) is 0 Å². The minimum absolute atomic E-state index is 0.0135. The summed E-state index contributed by atoms with van der Waals surface area (Å²) in [6.07, 6.45) is -0.170. The predicted molar refractivity (Wildman–Crippen MR) is 108 cm³/mol. The van der Waals surface area contributed by atoms with Gasteiger partial charge in [0.2, 0.25) is 5.91 Å². The number of nitrogens with zero attached hydrogens (tertiary/aromatic N) is 2. The van der Waals surface area contributed by atoms with Crippen molar-refractivity contribution in [2.75, 3.05) is 49.2 Å². The first-order valence-corrected chi connectivity index (χ1v) is 10.8. The highest BCUT2D eigenvalue weighted by molar-refractivity contribution is 7.91. The van der Waals surface area contributed by atoms with Crippen molar-refractivity contribution in [1.29, 1.82) is 0 Å². The fourth-order valence-corrected chi connectivity index (χ4v) is 4.34. The Bertz CT molecular complexity index is 924. The van der Waals surface area contributed by atoms with E-state index in [2.05, 4.69) is 22.2 Å². The van der Waals surface area contributed by atoms with E-state index in [9.17, 15) is 17.6 Å². The van der Waals surface area contributed by atoms with Crippen LogP contribution in [0.4, 0.5) is 15.8 Å². The predicted octanol–water partition coefficient (Wildman–Crippen LogP) is 2.38. The summed E-state index contributed by atoms with van der Waals surface area (Å²) in [6, 6.07) is 12.2. The monoisotopic (exact) mass is 405 g/mol. The molecular weight excluding hydrogens is 381 g/mol. The standard InChI is InChI=1S/C20H24FN3O3S/c1-23-11-13-24(14-12-23)19-5-3-2-4-18(19)22-20(25)10-15-28(26,27)17-8-6-16(21)7-9-17/h2-9H,10-15H2,1H3,(H,22,25). The minimum Gasteiger partial charge on any atom is -0.367 e. The van der Waals surface area contributed by atoms with Crippen LogP contribution in [0.3, 0.4) is 0 Å². The molecule has 1 fully saturated rings. The molecule has 2 aromatic carbocycles. The molecule has 0 unspecified atom stereocenters. The Balaban J connectivity index is 1.63. The molecule has 0 aromatic heterocycles. The van der Waals surface area contributed by atoms with E-state index in [1.54, 1.807) is 0 Å². The highest BCUT2D eigenvalue weighted by Crippen LogP contribution is 2.26. The number of rotatable bonds is 6. The van der Waals surface area contributed by atoms with Crippen LogP contribution in [-0.4, -0.2) is 58.2 Å². The molecule has 1 N–H and O–H groups in total. The molecule has 8 heteroatoms. The van der Waals surface area contributed by atoms with Crippen molar-refractivity contribution in [3.05, 3.63) is 54.3 Å². The summed E-state index contributed by atoms with van der Waals surface area (Å²) in [5.41, 5.74) is 1.61. The van der Waals surface area contributed by atoms with Crippen LogP contribution in [0.1, 0.15) is 6.42 Å². The number of amides is 1. The van der Waals surface area contributed by atoms with Gasteiger partial charge in [0.1, 0.15) is 5.82 Å². The summed E-state index contributed by atoms with van der Waals surface area (Å²) in [5.74, 6) is -1.20. The van der Waals surface area contributed by atoms with Crippen molar-refractivity contribution in [1.82, 2.24) is 4.90 Å². The number of carbonyl (C=O) groups excluding carboxylic acids is 1. The number of benzene rings is 2. The molecule has 0 saturated carbocycles. The molecule has 0 atom stereocenters. The fourth-order valence-electron chi connectivity index (χ4n) is 3.10. The van der Waals surface area contributed by atoms with Crippen molar-refractivity contribution in [2.45, 2.75) is 11.3 Å². The van der Waals surface area contributed by atoms with Gasteiger partial charge in [-0.15, -0.1) is 0 Å². The molecule has 1 amide bonds. The Hall–Kier alpha value is -2.45. The van der Waals surface area contributed by atoms with Crippen LogP contribution >= 0.6 is 0 Å². The molecular formula is C20H24FN3O3S. The van der Waals surface area contributed by atoms with Crippen molar-refractivity contribution < 1.29 is 17.6 Å². The summed E-state index contributed by atoms with van der Waals surface area (Å²) >= 11 is 0. The Morgan fingerprint density at radius 2 is 1.68 bits per heavy atom. The minimum atomic E-state index is -3.64. The van der Waals surface area contributed by atoms with E-state index in [1.165, 1.54) is 12.1 Å². The molecule has 1 saturated heterocycles. The average Bonchev–Trinajstić information content (AvgIpc) is 2.68. The summed E-state index contributed by atoms with van der Waals surface area (Å²) in [6.45, 7) is 3.61. The van der Waals surface area contributed by atoms with Gasteiger partial charge in [-0.3, -0.25) is 4.79 Å². The summed E-state index contributed by atoms with van der Waals surface area (Å²) in [7, 11) is -1.57. The van der Waals surface area contributed by atoms with E-state index < -0.39 is 15.7 Å². The van der Waals surface area contributed by atoms with Crippen molar-refractivity contribution >= 4 is 27.1 Å². The van der Waals surface area contributed by atoms with Crippen LogP contribution in [0, 0.1) is 5.82 Å². The molecule has 3 rings (SSSR count). The normalized spacial score (nSPS) is 15.4. The van der Waals surface area contributed by atoms with E-state index >= 15 is 0 Å². The third-order valence-corrected chi connectivity index (χ3v) is 6.52. The van der Waals surface area contributed by atoms with Gasteiger partial charge in [0.25, 0.3) is 0 Å². The molecule has 0 spiro atoms. The zero-order valence-corrected chi connectivity index (χ0v) is 16.6. The number of hydrogen-bond acceptors (Lipinski definition) is 5. The number of carbonyl (C=O) groups is 1. The molecule has 0 radical (unpaired) electrons. The van der Waals surface area contributed by atoms with Gasteiger partial charge in [-0.2, -0.15) is 0 Å². The van der Waals surface area contributed by atoms with Crippen molar-refractivity contribution in [3.8, 4) is 0 Å². The summed E-state index contributed by atoms with van der Waals surface area (Å²) in [4.78, 5) is 16.8. The fraction of sp³-hybridized carbons (Fsp3) is 0.350. The number of nitrogens with one attached hydrogen (secondary N) is 1. The third-order valence-electron chi connectivity index (χ3n) is 4.79. The highest BCUT2D eigenvalue weighted by Gasteiger charge is 2.19. The molecule has 1 heterocycles. The molecule has 2 aromatic rings. The van der Waals surface area contributed by atoms with Crippen LogP contribution in [0.25, 0.3) is 0 Å². The number of sulfone groups is 1. The van der Waals surface area contributed by atoms with Gasteiger partial charge in [-0.1, -0.05) is 12.1 Å². The van der Waals surface area contributed by atoms with Gasteiger partial charge in [0.05, 0.1) is 22.0 Å². The number of likely N-dealkylation sites (N-methyl/N-ethyl adjacent to an activating group) is 1. The summed E-state index contributed by atoms with van der Waals surface area (Å²) in [5, 5.41) is 2.83. The first-order valence-electron chi connectivity index (χ1n) is 9.16. The Kier molecular flexibility index (Phi) is 6.31. The van der Waals surface area contributed by atoms with Crippen LogP contribution in [0.5, 0.6) is 0 Å². The maximum atomic E-state index is 13.0. The van der Waals surface area contributed by atoms with E-state index in [0.29, 0.717) is 5.69 Å². The quantitative estimate of drug-likeness (QED) is 0.748. The first kappa shape index (κ1) is 20.3. The Morgan fingerprint density at radius 3 is 2.36 bits per heavy atom. The van der Waals surface area contributed by atoms with Crippen LogP contribution in [-0.2, 0) is 14.6 Å². The number of anilines is 2. The van der Waals surface area contributed by atoms with Gasteiger partial charge in [0, 0.05) is 32.6 Å². The van der Waals surface area contributed by atoms with E-state index in [-0.39, 0.29) is 23.0 Å². The SMILES string of the molecule is CN1CCN(c2ccccc2NC(=O)CCS(=O)(=O)c2ccc(F)cc2)CC1. The molecule has 150 valence electrons. The number of para-hydroxylation sites is 2. The molecule has 0 bridgehead atoms. The van der Waals surface area contributed by atoms with Gasteiger partial charge < -0.3 is 15.1 Å². The largest absolute Gasteiger partial charge is 0.367 e. The second kappa shape index (κ2) is 8.70. The molecule has 28 heavy (non-hydrogen) atoms. The average molecular weight is 405 g/mol. The Labute approximate surface area is 164 Å². The molecule has 1 aliphatic rings. The molecule has 0 aliphatic carbocycles. The summed E-state index contributed by atoms with van der Waals surface area (Å²) < 4.78 is 37.6. The van der Waals surface area contributed by atoms with Gasteiger partial charge in [-0.25, -0.2) is 12.8 Å². The lowest BCUT2D eigenvalue weighted by Gasteiger charge is -2.35. The van der Waals surface area contributed by atoms with Crippen LogP contribution in [0.15, 0.2) is 53.4 Å². The van der Waals surface area contributed by atoms with Crippen LogP contribution in [0.2, 0.25) is 0 Å². The number of halogens is 1. The number of piperazine rings is 1. The van der Waals surface area contributed by atoms with Crippen molar-refractivity contribution in [2.24, 2.45) is 0 Å². The lowest BCUT2D eigenvalue weighted by molar-refractivity contribution is -0.115. The Morgan fingerprint density at radius 1 is 1.04 bits per heavy atom. The maximum absolute atomic E-state index is 13.0. The molecule has 1 aliphatic heterocycles. The van der Waals surface area contributed by atoms with E-state index in [0.717, 1.165) is 44.0 Å². The van der Waals surface area contributed by atoms with Gasteiger partial charge in [0.15, 0.2) is 9.84 Å². The van der Waals surface area contributed by atoms with Gasteiger partial charge >= 0.3 is 0 Å². The van der Waals surface area contributed by atoms with Gasteiger partial charge in [-0.05, 0) is 43.4 Å². The number of hydrogen-bond donors (Lipinski definition) is 1. The lowest BCUT2D eigenvalue weighted by Crippen LogP contribution is -2.44. The second-order valence-corrected chi connectivity index (χ2v) is 8.99. The smallest absolute Gasteiger partial charge is 0.225 e. The topological polar surface area (TPSA) is 69.7 Å². The molecule has 6 nitrogen and oxygen atoms in total. The van der Waals surface area contributed by atoms with Crippen LogP contribution < -0.4 is 10.2 Å². The van der Waals surface area contributed by atoms with E-state index in [4.69, 9.17) is 0 Å².